The molecule has 0 saturated heterocycles. The molecule has 1 aromatic carbocycles. The Morgan fingerprint density at radius 3 is 2.93 bits per heavy atom. The number of hydrogen-bond acceptors (Lipinski definition) is 3. The molecule has 15 heavy (non-hydrogen) atoms. The second kappa shape index (κ2) is 4.91. The van der Waals surface area contributed by atoms with Crippen LogP contribution >= 0.6 is 0 Å². The summed E-state index contributed by atoms with van der Waals surface area (Å²) in [5.74, 6) is 1.03. The topological polar surface area (TPSA) is 66.7 Å². The Morgan fingerprint density at radius 1 is 1.27 bits per heavy atom. The summed E-state index contributed by atoms with van der Waals surface area (Å²) in [5, 5.41) is 3.24. The molecule has 0 radical (unpaired) electrons. The number of aromatic nitrogens is 2. The third kappa shape index (κ3) is 2.55. The highest BCUT2D eigenvalue weighted by molar-refractivity contribution is 5.74. The van der Waals surface area contributed by atoms with Gasteiger partial charge in [0.15, 0.2) is 0 Å². The number of benzene rings is 1. The highest BCUT2D eigenvalue weighted by Crippen LogP contribution is 2.09. The average Bonchev–Trinajstić information content (AvgIpc) is 2.67. The molecule has 4 N–H and O–H groups in total. The molecule has 2 rings (SSSR count). The molecule has 0 saturated carbocycles. The average molecular weight is 204 g/mol. The van der Waals surface area contributed by atoms with Crippen LogP contribution in [0.25, 0.3) is 11.0 Å². The van der Waals surface area contributed by atoms with Crippen molar-refractivity contribution in [1.82, 2.24) is 15.3 Å². The molecule has 4 heteroatoms. The van der Waals surface area contributed by atoms with E-state index in [4.69, 9.17) is 5.73 Å². The third-order valence-electron chi connectivity index (χ3n) is 2.30. The van der Waals surface area contributed by atoms with Gasteiger partial charge in [-0.1, -0.05) is 12.1 Å². The van der Waals surface area contributed by atoms with Crippen molar-refractivity contribution in [3.8, 4) is 0 Å². The van der Waals surface area contributed by atoms with Gasteiger partial charge in [0.05, 0.1) is 11.0 Å². The van der Waals surface area contributed by atoms with Gasteiger partial charge in [0.25, 0.3) is 0 Å². The van der Waals surface area contributed by atoms with Gasteiger partial charge in [-0.25, -0.2) is 4.98 Å². The number of aromatic amines is 1. The van der Waals surface area contributed by atoms with Crippen LogP contribution in [0.1, 0.15) is 5.82 Å². The van der Waals surface area contributed by atoms with Gasteiger partial charge < -0.3 is 16.0 Å². The van der Waals surface area contributed by atoms with Crippen molar-refractivity contribution in [3.63, 3.8) is 0 Å². The minimum Gasteiger partial charge on any atom is -0.342 e. The van der Waals surface area contributed by atoms with Gasteiger partial charge in [0.2, 0.25) is 0 Å². The molecular formula is C11H16N4. The number of H-pyrrole nitrogens is 1. The largest absolute Gasteiger partial charge is 0.342 e. The van der Waals surface area contributed by atoms with Crippen LogP contribution in [0, 0.1) is 0 Å². The van der Waals surface area contributed by atoms with Crippen LogP contribution in [0.2, 0.25) is 0 Å². The molecule has 0 aliphatic heterocycles. The maximum Gasteiger partial charge on any atom is 0.108 e. The van der Waals surface area contributed by atoms with Gasteiger partial charge in [0.1, 0.15) is 5.82 Å². The number of nitrogens with two attached hydrogens (primary N) is 1. The van der Waals surface area contributed by atoms with Gasteiger partial charge in [-0.2, -0.15) is 0 Å². The van der Waals surface area contributed by atoms with E-state index in [9.17, 15) is 0 Å². The van der Waals surface area contributed by atoms with E-state index in [0.717, 1.165) is 36.4 Å². The van der Waals surface area contributed by atoms with Crippen molar-refractivity contribution in [2.24, 2.45) is 5.73 Å². The van der Waals surface area contributed by atoms with Crippen molar-refractivity contribution in [2.75, 3.05) is 19.6 Å². The van der Waals surface area contributed by atoms with Crippen LogP contribution in [0.4, 0.5) is 0 Å². The summed E-state index contributed by atoms with van der Waals surface area (Å²) >= 11 is 0. The SMILES string of the molecule is NCCNCCc1nc2ccccc2[nH]1. The van der Waals surface area contributed by atoms with Crippen LogP contribution in [-0.4, -0.2) is 29.6 Å². The normalized spacial score (nSPS) is 11.0. The molecule has 0 bridgehead atoms. The van der Waals surface area contributed by atoms with E-state index in [1.54, 1.807) is 0 Å². The molecule has 2 aromatic rings. The molecule has 0 fully saturated rings. The van der Waals surface area contributed by atoms with Crippen LogP contribution in [0.3, 0.4) is 0 Å². The lowest BCUT2D eigenvalue weighted by molar-refractivity contribution is 0.677. The molecule has 1 aromatic heterocycles. The summed E-state index contributed by atoms with van der Waals surface area (Å²) in [6.07, 6.45) is 0.911. The van der Waals surface area contributed by atoms with E-state index in [2.05, 4.69) is 15.3 Å². The van der Waals surface area contributed by atoms with Gasteiger partial charge in [-0.05, 0) is 12.1 Å². The van der Waals surface area contributed by atoms with Crippen molar-refractivity contribution in [3.05, 3.63) is 30.1 Å². The van der Waals surface area contributed by atoms with E-state index >= 15 is 0 Å². The van der Waals surface area contributed by atoms with E-state index in [0.29, 0.717) is 6.54 Å². The Hall–Kier alpha value is -1.39. The van der Waals surface area contributed by atoms with E-state index in [1.807, 2.05) is 24.3 Å². The van der Waals surface area contributed by atoms with Gasteiger partial charge >= 0.3 is 0 Å². The number of rotatable bonds is 5. The van der Waals surface area contributed by atoms with Crippen molar-refractivity contribution >= 4 is 11.0 Å². The summed E-state index contributed by atoms with van der Waals surface area (Å²) in [5.41, 5.74) is 7.52. The molecule has 0 aliphatic rings. The highest BCUT2D eigenvalue weighted by atomic mass is 14.9. The second-order valence-electron chi connectivity index (χ2n) is 3.49. The molecule has 0 amide bonds. The van der Waals surface area contributed by atoms with E-state index in [-0.39, 0.29) is 0 Å². The van der Waals surface area contributed by atoms with E-state index < -0.39 is 0 Å². The van der Waals surface area contributed by atoms with Crippen molar-refractivity contribution < 1.29 is 0 Å². The van der Waals surface area contributed by atoms with Gasteiger partial charge in [-0.15, -0.1) is 0 Å². The summed E-state index contributed by atoms with van der Waals surface area (Å²) < 4.78 is 0. The fourth-order valence-corrected chi connectivity index (χ4v) is 1.56. The fraction of sp³-hybridized carbons (Fsp3) is 0.364. The molecule has 1 heterocycles. The Balaban J connectivity index is 1.97. The van der Waals surface area contributed by atoms with Gasteiger partial charge in [-0.3, -0.25) is 0 Å². The van der Waals surface area contributed by atoms with Crippen molar-refractivity contribution in [2.45, 2.75) is 6.42 Å². The predicted molar refractivity (Wildman–Crippen MR) is 61.7 cm³/mol. The van der Waals surface area contributed by atoms with Crippen molar-refractivity contribution in [1.29, 1.82) is 0 Å². The predicted octanol–water partition coefficient (Wildman–Crippen LogP) is 0.654. The molecule has 0 aliphatic carbocycles. The lowest BCUT2D eigenvalue weighted by Crippen LogP contribution is -2.24. The minimum atomic E-state index is 0.681. The monoisotopic (exact) mass is 204 g/mol. The lowest BCUT2D eigenvalue weighted by atomic mass is 10.3. The first-order valence-electron chi connectivity index (χ1n) is 5.24. The third-order valence-corrected chi connectivity index (χ3v) is 2.30. The minimum absolute atomic E-state index is 0.681. The number of imidazole rings is 1. The molecule has 4 nitrogen and oxygen atoms in total. The van der Waals surface area contributed by atoms with Gasteiger partial charge in [0, 0.05) is 26.1 Å². The second-order valence-corrected chi connectivity index (χ2v) is 3.49. The molecule has 80 valence electrons. The summed E-state index contributed by atoms with van der Waals surface area (Å²) in [6, 6.07) is 8.07. The first kappa shape index (κ1) is 10.1. The summed E-state index contributed by atoms with van der Waals surface area (Å²) in [6.45, 7) is 2.46. The van der Waals surface area contributed by atoms with Crippen LogP contribution in [0.5, 0.6) is 0 Å². The zero-order valence-electron chi connectivity index (χ0n) is 8.66. The first-order chi connectivity index (χ1) is 7.40. The zero-order valence-corrected chi connectivity index (χ0v) is 8.66. The quantitative estimate of drug-likeness (QED) is 0.627. The maximum atomic E-state index is 5.38. The molecule has 0 unspecified atom stereocenters. The number of hydrogen-bond donors (Lipinski definition) is 3. The number of nitrogens with one attached hydrogen (secondary N) is 2. The zero-order chi connectivity index (χ0) is 10.5. The Morgan fingerprint density at radius 2 is 2.13 bits per heavy atom. The highest BCUT2D eigenvalue weighted by Gasteiger charge is 2.00. The van der Waals surface area contributed by atoms with E-state index in [1.165, 1.54) is 0 Å². The maximum absolute atomic E-state index is 5.38. The first-order valence-corrected chi connectivity index (χ1v) is 5.24. The van der Waals surface area contributed by atoms with Crippen LogP contribution < -0.4 is 11.1 Å². The lowest BCUT2D eigenvalue weighted by Gasteiger charge is -1.99. The fourth-order valence-electron chi connectivity index (χ4n) is 1.56. The summed E-state index contributed by atoms with van der Waals surface area (Å²) in [4.78, 5) is 7.77. The Labute approximate surface area is 88.9 Å². The molecular weight excluding hydrogens is 188 g/mol. The standard InChI is InChI=1S/C11H16N4/c12-6-8-13-7-5-11-14-9-3-1-2-4-10(9)15-11/h1-4,13H,5-8,12H2,(H,14,15). The number of para-hydroxylation sites is 2. The molecule has 0 atom stereocenters. The smallest absolute Gasteiger partial charge is 0.108 e. The van der Waals surface area contributed by atoms with Crippen LogP contribution in [0.15, 0.2) is 24.3 Å². The number of nitrogens with zero attached hydrogens (tertiary/aromatic N) is 1. The molecule has 0 spiro atoms. The Bertz CT molecular complexity index is 388. The summed E-state index contributed by atoms with van der Waals surface area (Å²) in [7, 11) is 0. The number of fused-ring (bicyclic) bond motifs is 1. The van der Waals surface area contributed by atoms with Crippen LogP contribution in [-0.2, 0) is 6.42 Å². The Kier molecular flexibility index (Phi) is 3.32.